The Kier molecular flexibility index (Phi) is 4.26. The molecule has 0 saturated carbocycles. The Labute approximate surface area is 126 Å². The van der Waals surface area contributed by atoms with Crippen LogP contribution in [0.25, 0.3) is 5.57 Å². The molecule has 0 radical (unpaired) electrons. The lowest BCUT2D eigenvalue weighted by Gasteiger charge is -2.24. The fourth-order valence-electron chi connectivity index (χ4n) is 2.34. The van der Waals surface area contributed by atoms with Crippen LogP contribution in [0.5, 0.6) is 0 Å². The summed E-state index contributed by atoms with van der Waals surface area (Å²) in [7, 11) is 0. The van der Waals surface area contributed by atoms with E-state index < -0.39 is 5.60 Å². The van der Waals surface area contributed by atoms with E-state index in [-0.39, 0.29) is 6.09 Å². The van der Waals surface area contributed by atoms with E-state index in [1.54, 1.807) is 4.90 Å². The smallest absolute Gasteiger partial charge is 0.410 e. The van der Waals surface area contributed by atoms with E-state index in [0.717, 1.165) is 28.8 Å². The van der Waals surface area contributed by atoms with E-state index in [2.05, 4.69) is 19.1 Å². The maximum atomic E-state index is 12.1. The molecular formula is C17H24N2O2. The van der Waals surface area contributed by atoms with Crippen LogP contribution < -0.4 is 5.73 Å². The minimum atomic E-state index is -0.462. The Morgan fingerprint density at radius 2 is 2.10 bits per heavy atom. The molecule has 0 bridgehead atoms. The molecule has 0 aromatic heterocycles. The highest BCUT2D eigenvalue weighted by atomic mass is 16.6. The van der Waals surface area contributed by atoms with E-state index in [9.17, 15) is 4.79 Å². The van der Waals surface area contributed by atoms with Gasteiger partial charge in [-0.3, -0.25) is 0 Å². The monoisotopic (exact) mass is 288 g/mol. The number of anilines is 1. The van der Waals surface area contributed by atoms with Gasteiger partial charge in [0.25, 0.3) is 0 Å². The Morgan fingerprint density at radius 3 is 2.71 bits per heavy atom. The van der Waals surface area contributed by atoms with E-state index >= 15 is 0 Å². The summed E-state index contributed by atoms with van der Waals surface area (Å²) in [6.45, 7) is 8.90. The molecule has 4 heteroatoms. The van der Waals surface area contributed by atoms with Crippen molar-refractivity contribution >= 4 is 17.4 Å². The Morgan fingerprint density at radius 1 is 1.38 bits per heavy atom. The summed E-state index contributed by atoms with van der Waals surface area (Å²) in [4.78, 5) is 13.8. The van der Waals surface area contributed by atoms with Gasteiger partial charge in [0.2, 0.25) is 0 Å². The quantitative estimate of drug-likeness (QED) is 0.848. The summed E-state index contributed by atoms with van der Waals surface area (Å²) in [5.41, 5.74) is 9.72. The number of amides is 1. The van der Waals surface area contributed by atoms with Crippen LogP contribution in [-0.2, 0) is 11.2 Å². The second-order valence-electron chi connectivity index (χ2n) is 6.36. The molecule has 0 fully saturated rings. The van der Waals surface area contributed by atoms with Crippen molar-refractivity contribution in [2.45, 2.75) is 39.7 Å². The van der Waals surface area contributed by atoms with Crippen LogP contribution >= 0.6 is 0 Å². The number of carbonyl (C=O) groups is 1. The highest BCUT2D eigenvalue weighted by molar-refractivity contribution is 5.78. The minimum absolute atomic E-state index is 0.264. The summed E-state index contributed by atoms with van der Waals surface area (Å²) in [5, 5.41) is 0. The second-order valence-corrected chi connectivity index (χ2v) is 6.36. The molecule has 0 saturated heterocycles. The first-order valence-electron chi connectivity index (χ1n) is 7.36. The molecule has 1 aromatic rings. The van der Waals surface area contributed by atoms with Crippen LogP contribution in [-0.4, -0.2) is 29.7 Å². The lowest BCUT2D eigenvalue weighted by atomic mass is 10.0. The number of hydrogen-bond donors (Lipinski definition) is 1. The van der Waals surface area contributed by atoms with Gasteiger partial charge < -0.3 is 15.4 Å². The first-order valence-corrected chi connectivity index (χ1v) is 7.36. The van der Waals surface area contributed by atoms with Crippen molar-refractivity contribution in [1.29, 1.82) is 0 Å². The van der Waals surface area contributed by atoms with Gasteiger partial charge in [-0.2, -0.15) is 0 Å². The summed E-state index contributed by atoms with van der Waals surface area (Å²) in [5.74, 6) is 0. The van der Waals surface area contributed by atoms with Crippen LogP contribution in [0, 0.1) is 0 Å². The van der Waals surface area contributed by atoms with Crippen molar-refractivity contribution in [3.8, 4) is 0 Å². The molecule has 114 valence electrons. The number of hydrogen-bond acceptors (Lipinski definition) is 3. The van der Waals surface area contributed by atoms with Gasteiger partial charge in [-0.1, -0.05) is 19.1 Å². The molecule has 1 amide bonds. The lowest BCUT2D eigenvalue weighted by molar-refractivity contribution is 0.0306. The number of benzene rings is 1. The predicted molar refractivity (Wildman–Crippen MR) is 86.0 cm³/mol. The largest absolute Gasteiger partial charge is 0.444 e. The van der Waals surface area contributed by atoms with E-state index in [1.165, 1.54) is 0 Å². The van der Waals surface area contributed by atoms with Gasteiger partial charge in [0, 0.05) is 18.8 Å². The summed E-state index contributed by atoms with van der Waals surface area (Å²) in [6.07, 6.45) is 2.72. The lowest BCUT2D eigenvalue weighted by Crippen LogP contribution is -2.35. The third-order valence-electron chi connectivity index (χ3n) is 3.47. The van der Waals surface area contributed by atoms with Crippen LogP contribution in [0.2, 0.25) is 0 Å². The molecule has 2 rings (SSSR count). The second kappa shape index (κ2) is 5.80. The topological polar surface area (TPSA) is 55.6 Å². The summed E-state index contributed by atoms with van der Waals surface area (Å²) >= 11 is 0. The molecule has 1 aromatic carbocycles. The Bertz CT molecular complexity index is 571. The maximum Gasteiger partial charge on any atom is 0.410 e. The van der Waals surface area contributed by atoms with Gasteiger partial charge >= 0.3 is 6.09 Å². The number of ether oxygens (including phenoxy) is 1. The van der Waals surface area contributed by atoms with Gasteiger partial charge in [-0.25, -0.2) is 4.79 Å². The van der Waals surface area contributed by atoms with Crippen molar-refractivity contribution in [2.75, 3.05) is 18.8 Å². The standard InChI is InChI=1S/C17H24N2O2/c1-5-12-10-13(6-7-15(12)18)14-8-9-19(11-14)16(20)21-17(2,3)4/h6-8,10H,5,9,11,18H2,1-4H3. The summed E-state index contributed by atoms with van der Waals surface area (Å²) < 4.78 is 5.40. The zero-order valence-electron chi connectivity index (χ0n) is 13.3. The molecule has 1 aliphatic rings. The molecule has 0 aliphatic carbocycles. The fourth-order valence-corrected chi connectivity index (χ4v) is 2.34. The van der Waals surface area contributed by atoms with Crippen molar-refractivity contribution in [2.24, 2.45) is 0 Å². The van der Waals surface area contributed by atoms with Gasteiger partial charge in [-0.05, 0) is 56.0 Å². The van der Waals surface area contributed by atoms with Gasteiger partial charge in [0.1, 0.15) is 5.60 Å². The van der Waals surface area contributed by atoms with E-state index in [0.29, 0.717) is 13.1 Å². The molecule has 1 heterocycles. The van der Waals surface area contributed by atoms with Gasteiger partial charge in [0.15, 0.2) is 0 Å². The van der Waals surface area contributed by atoms with E-state index in [4.69, 9.17) is 10.5 Å². The SMILES string of the molecule is CCc1cc(C2=CCN(C(=O)OC(C)(C)C)C2)ccc1N. The van der Waals surface area contributed by atoms with Crippen molar-refractivity contribution < 1.29 is 9.53 Å². The van der Waals surface area contributed by atoms with Crippen LogP contribution in [0.1, 0.15) is 38.8 Å². The molecule has 4 nitrogen and oxygen atoms in total. The highest BCUT2D eigenvalue weighted by Crippen LogP contribution is 2.25. The van der Waals surface area contributed by atoms with E-state index in [1.807, 2.05) is 32.9 Å². The Hall–Kier alpha value is -1.97. The molecule has 2 N–H and O–H groups in total. The van der Waals surface area contributed by atoms with Crippen LogP contribution in [0.4, 0.5) is 10.5 Å². The molecule has 0 atom stereocenters. The minimum Gasteiger partial charge on any atom is -0.444 e. The van der Waals surface area contributed by atoms with Crippen molar-refractivity contribution in [3.05, 3.63) is 35.4 Å². The summed E-state index contributed by atoms with van der Waals surface area (Å²) in [6, 6.07) is 6.06. The molecule has 0 spiro atoms. The molecular weight excluding hydrogens is 264 g/mol. The first-order chi connectivity index (χ1) is 9.80. The van der Waals surface area contributed by atoms with Crippen LogP contribution in [0.3, 0.4) is 0 Å². The average molecular weight is 288 g/mol. The molecule has 21 heavy (non-hydrogen) atoms. The number of carbonyl (C=O) groups excluding carboxylic acids is 1. The zero-order chi connectivity index (χ0) is 15.6. The average Bonchev–Trinajstić information content (AvgIpc) is 2.87. The third kappa shape index (κ3) is 3.78. The predicted octanol–water partition coefficient (Wildman–Crippen LogP) is 3.47. The Balaban J connectivity index is 2.07. The molecule has 1 aliphatic heterocycles. The first kappa shape index (κ1) is 15.4. The number of aryl methyl sites for hydroxylation is 1. The third-order valence-corrected chi connectivity index (χ3v) is 3.47. The number of nitrogen functional groups attached to an aromatic ring is 1. The van der Waals surface area contributed by atoms with Gasteiger partial charge in [-0.15, -0.1) is 0 Å². The highest BCUT2D eigenvalue weighted by Gasteiger charge is 2.25. The van der Waals surface area contributed by atoms with Gasteiger partial charge in [0.05, 0.1) is 0 Å². The van der Waals surface area contributed by atoms with Crippen LogP contribution in [0.15, 0.2) is 24.3 Å². The number of rotatable bonds is 2. The molecule has 0 unspecified atom stereocenters. The fraction of sp³-hybridized carbons (Fsp3) is 0.471. The number of nitrogens with zero attached hydrogens (tertiary/aromatic N) is 1. The number of nitrogens with two attached hydrogens (primary N) is 1. The van der Waals surface area contributed by atoms with Crippen molar-refractivity contribution in [3.63, 3.8) is 0 Å². The maximum absolute atomic E-state index is 12.1. The van der Waals surface area contributed by atoms with Crippen molar-refractivity contribution in [1.82, 2.24) is 4.90 Å². The zero-order valence-corrected chi connectivity index (χ0v) is 13.3. The normalized spacial score (nSPS) is 15.0.